The molecule has 1 aromatic heterocycles. The predicted octanol–water partition coefficient (Wildman–Crippen LogP) is 3.33. The van der Waals surface area contributed by atoms with Crippen molar-refractivity contribution in [2.75, 3.05) is 24.6 Å². The standard InChI is InChI=1S/C27H24N4O6/c1-16-6-3-4-8-19(16)29-25(32)20-13-18-7-5-9-22(35-2)24(18)31(20)30-27(34)26(33)28-14-17-10-11-21-23(12-17)37-15-36-21/h3-13H,14-15H2,1-2H3,(H,28,33)(H,29,32)(H,30,34). The highest BCUT2D eigenvalue weighted by atomic mass is 16.7. The molecule has 3 N–H and O–H groups in total. The molecule has 0 bridgehead atoms. The number of amides is 3. The van der Waals surface area contributed by atoms with E-state index in [1.54, 1.807) is 48.5 Å². The van der Waals surface area contributed by atoms with Crippen LogP contribution in [0.1, 0.15) is 21.6 Å². The van der Waals surface area contributed by atoms with E-state index in [0.29, 0.717) is 33.8 Å². The van der Waals surface area contributed by atoms with E-state index in [0.717, 1.165) is 11.1 Å². The summed E-state index contributed by atoms with van der Waals surface area (Å²) in [4.78, 5) is 38.8. The van der Waals surface area contributed by atoms with Gasteiger partial charge in [0.25, 0.3) is 5.91 Å². The molecule has 3 aromatic carbocycles. The maximum Gasteiger partial charge on any atom is 0.328 e. The van der Waals surface area contributed by atoms with Gasteiger partial charge in [0, 0.05) is 17.6 Å². The zero-order valence-corrected chi connectivity index (χ0v) is 20.2. The molecule has 4 aromatic rings. The van der Waals surface area contributed by atoms with Crippen LogP contribution in [0, 0.1) is 6.92 Å². The second-order valence-corrected chi connectivity index (χ2v) is 8.34. The molecular weight excluding hydrogens is 476 g/mol. The van der Waals surface area contributed by atoms with Crippen molar-refractivity contribution in [3.63, 3.8) is 0 Å². The molecule has 0 atom stereocenters. The summed E-state index contributed by atoms with van der Waals surface area (Å²) in [5.41, 5.74) is 5.35. The molecule has 37 heavy (non-hydrogen) atoms. The Labute approximate surface area is 212 Å². The first-order chi connectivity index (χ1) is 17.9. The topological polar surface area (TPSA) is 120 Å². The van der Waals surface area contributed by atoms with E-state index in [-0.39, 0.29) is 19.0 Å². The fraction of sp³-hybridized carbons (Fsp3) is 0.148. The van der Waals surface area contributed by atoms with E-state index >= 15 is 0 Å². The van der Waals surface area contributed by atoms with Gasteiger partial charge in [0.2, 0.25) is 6.79 Å². The largest absolute Gasteiger partial charge is 0.494 e. The molecule has 0 saturated carbocycles. The number of benzene rings is 3. The minimum atomic E-state index is -0.950. The highest BCUT2D eigenvalue weighted by molar-refractivity contribution is 6.38. The number of para-hydroxylation sites is 2. The fourth-order valence-corrected chi connectivity index (χ4v) is 4.04. The van der Waals surface area contributed by atoms with E-state index in [1.807, 2.05) is 25.1 Å². The highest BCUT2D eigenvalue weighted by Crippen LogP contribution is 2.32. The monoisotopic (exact) mass is 500 g/mol. The van der Waals surface area contributed by atoms with Crippen molar-refractivity contribution in [1.82, 2.24) is 9.99 Å². The average Bonchev–Trinajstić information content (AvgIpc) is 3.53. The van der Waals surface area contributed by atoms with Crippen LogP contribution in [0.5, 0.6) is 17.2 Å². The molecule has 2 heterocycles. The van der Waals surface area contributed by atoms with Crippen LogP contribution in [0.4, 0.5) is 5.69 Å². The van der Waals surface area contributed by atoms with Gasteiger partial charge in [-0.15, -0.1) is 0 Å². The van der Waals surface area contributed by atoms with Gasteiger partial charge in [0.15, 0.2) is 11.5 Å². The minimum absolute atomic E-state index is 0.0965. The average molecular weight is 501 g/mol. The Hall–Kier alpha value is -4.99. The smallest absolute Gasteiger partial charge is 0.328 e. The number of fused-ring (bicyclic) bond motifs is 2. The van der Waals surface area contributed by atoms with Crippen molar-refractivity contribution in [3.8, 4) is 17.2 Å². The summed E-state index contributed by atoms with van der Waals surface area (Å²) >= 11 is 0. The number of aryl methyl sites for hydroxylation is 1. The Balaban J connectivity index is 1.38. The van der Waals surface area contributed by atoms with Gasteiger partial charge in [-0.25, -0.2) is 4.68 Å². The van der Waals surface area contributed by atoms with E-state index in [9.17, 15) is 14.4 Å². The van der Waals surface area contributed by atoms with Gasteiger partial charge in [-0.05, 0) is 48.4 Å². The number of nitrogens with one attached hydrogen (secondary N) is 3. The van der Waals surface area contributed by atoms with Gasteiger partial charge >= 0.3 is 11.8 Å². The molecule has 0 unspecified atom stereocenters. The predicted molar refractivity (Wildman–Crippen MR) is 136 cm³/mol. The van der Waals surface area contributed by atoms with Crippen LogP contribution in [-0.2, 0) is 16.1 Å². The number of hydrogen-bond donors (Lipinski definition) is 3. The van der Waals surface area contributed by atoms with Crippen molar-refractivity contribution in [2.24, 2.45) is 0 Å². The lowest BCUT2D eigenvalue weighted by atomic mass is 10.2. The zero-order valence-electron chi connectivity index (χ0n) is 20.2. The molecule has 10 nitrogen and oxygen atoms in total. The number of nitrogens with zero attached hydrogens (tertiary/aromatic N) is 1. The molecule has 5 rings (SSSR count). The van der Waals surface area contributed by atoms with Crippen LogP contribution >= 0.6 is 0 Å². The third kappa shape index (κ3) is 4.76. The fourth-order valence-electron chi connectivity index (χ4n) is 4.04. The van der Waals surface area contributed by atoms with Gasteiger partial charge in [-0.3, -0.25) is 19.8 Å². The summed E-state index contributed by atoms with van der Waals surface area (Å²) in [6.07, 6.45) is 0. The van der Waals surface area contributed by atoms with Crippen LogP contribution in [0.2, 0.25) is 0 Å². The SMILES string of the molecule is COc1cccc2cc(C(=O)Nc3ccccc3C)n(NC(=O)C(=O)NCc3ccc4c(c3)OCO4)c12. The Morgan fingerprint density at radius 2 is 1.76 bits per heavy atom. The van der Waals surface area contributed by atoms with Crippen LogP contribution < -0.4 is 30.3 Å². The van der Waals surface area contributed by atoms with E-state index in [4.69, 9.17) is 14.2 Å². The van der Waals surface area contributed by atoms with Crippen molar-refractivity contribution in [3.05, 3.63) is 83.6 Å². The summed E-state index contributed by atoms with van der Waals surface area (Å²) in [6, 6.07) is 19.5. The number of methoxy groups -OCH3 is 1. The second-order valence-electron chi connectivity index (χ2n) is 8.34. The molecule has 0 radical (unpaired) electrons. The first kappa shape index (κ1) is 23.7. The zero-order chi connectivity index (χ0) is 25.9. The van der Waals surface area contributed by atoms with E-state index in [2.05, 4.69) is 16.1 Å². The molecule has 0 aliphatic carbocycles. The lowest BCUT2D eigenvalue weighted by Gasteiger charge is -2.14. The maximum absolute atomic E-state index is 13.3. The van der Waals surface area contributed by atoms with Gasteiger partial charge in [0.1, 0.15) is 17.0 Å². The summed E-state index contributed by atoms with van der Waals surface area (Å²) in [7, 11) is 1.49. The van der Waals surface area contributed by atoms with Gasteiger partial charge < -0.3 is 24.8 Å². The van der Waals surface area contributed by atoms with Gasteiger partial charge in [-0.2, -0.15) is 0 Å². The molecular formula is C27H24N4O6. The molecule has 188 valence electrons. The van der Waals surface area contributed by atoms with Crippen LogP contribution in [-0.4, -0.2) is 36.3 Å². The number of anilines is 1. The molecule has 0 saturated heterocycles. The third-order valence-corrected chi connectivity index (χ3v) is 5.94. The summed E-state index contributed by atoms with van der Waals surface area (Å²) in [5, 5.41) is 6.09. The Morgan fingerprint density at radius 1 is 0.946 bits per heavy atom. The van der Waals surface area contributed by atoms with Crippen molar-refractivity contribution >= 4 is 34.3 Å². The number of ether oxygens (including phenoxy) is 3. The number of hydrogen-bond acceptors (Lipinski definition) is 6. The minimum Gasteiger partial charge on any atom is -0.494 e. The first-order valence-electron chi connectivity index (χ1n) is 11.5. The van der Waals surface area contributed by atoms with Crippen molar-refractivity contribution < 1.29 is 28.6 Å². The number of aromatic nitrogens is 1. The summed E-state index contributed by atoms with van der Waals surface area (Å²) < 4.78 is 17.4. The van der Waals surface area contributed by atoms with Crippen molar-refractivity contribution in [1.29, 1.82) is 0 Å². The van der Waals surface area contributed by atoms with E-state index in [1.165, 1.54) is 11.8 Å². The lowest BCUT2D eigenvalue weighted by Crippen LogP contribution is -2.39. The molecule has 1 aliphatic heterocycles. The highest BCUT2D eigenvalue weighted by Gasteiger charge is 2.23. The van der Waals surface area contributed by atoms with Crippen molar-refractivity contribution in [2.45, 2.75) is 13.5 Å². The second kappa shape index (κ2) is 9.94. The van der Waals surface area contributed by atoms with Gasteiger partial charge in [0.05, 0.1) is 7.11 Å². The Bertz CT molecular complexity index is 1530. The quantitative estimate of drug-likeness (QED) is 0.350. The maximum atomic E-state index is 13.3. The van der Waals surface area contributed by atoms with Crippen LogP contribution in [0.3, 0.4) is 0 Å². The summed E-state index contributed by atoms with van der Waals surface area (Å²) in [6.45, 7) is 2.11. The van der Waals surface area contributed by atoms with Crippen LogP contribution in [0.25, 0.3) is 10.9 Å². The normalized spacial score (nSPS) is 11.7. The Kier molecular flexibility index (Phi) is 6.38. The first-order valence-corrected chi connectivity index (χ1v) is 11.5. The van der Waals surface area contributed by atoms with Crippen LogP contribution in [0.15, 0.2) is 66.7 Å². The lowest BCUT2D eigenvalue weighted by molar-refractivity contribution is -0.136. The number of carbonyl (C=O) groups is 3. The summed E-state index contributed by atoms with van der Waals surface area (Å²) in [5.74, 6) is -0.667. The molecule has 0 spiro atoms. The number of carbonyl (C=O) groups excluding carboxylic acids is 3. The molecule has 1 aliphatic rings. The Morgan fingerprint density at radius 3 is 2.57 bits per heavy atom. The van der Waals surface area contributed by atoms with E-state index < -0.39 is 17.7 Å². The number of rotatable bonds is 6. The molecule has 0 fully saturated rings. The molecule has 10 heteroatoms. The molecule has 3 amide bonds. The van der Waals surface area contributed by atoms with Gasteiger partial charge in [-0.1, -0.05) is 36.4 Å². The third-order valence-electron chi connectivity index (χ3n) is 5.94.